The second-order valence-corrected chi connectivity index (χ2v) is 3.52. The van der Waals surface area contributed by atoms with Crippen molar-refractivity contribution in [2.75, 3.05) is 13.2 Å². The molecule has 0 radical (unpaired) electrons. The van der Waals surface area contributed by atoms with Crippen molar-refractivity contribution in [1.82, 2.24) is 0 Å². The summed E-state index contributed by atoms with van der Waals surface area (Å²) in [5.74, 6) is 1.15. The van der Waals surface area contributed by atoms with E-state index in [0.29, 0.717) is 30.4 Å². The number of carbonyl (C=O) groups excluding carboxylic acids is 1. The Morgan fingerprint density at radius 2 is 2.06 bits per heavy atom. The molecule has 7 heteroatoms. The number of hydrogen-bond donors (Lipinski definition) is 0. The maximum atomic E-state index is 10.4. The van der Waals surface area contributed by atoms with Crippen LogP contribution >= 0.6 is 0 Å². The van der Waals surface area contributed by atoms with Gasteiger partial charge < -0.3 is 9.47 Å². The first-order valence-corrected chi connectivity index (χ1v) is 5.23. The summed E-state index contributed by atoms with van der Waals surface area (Å²) >= 11 is 0. The lowest BCUT2D eigenvalue weighted by atomic mass is 10.2. The molecule has 1 aromatic carbocycles. The zero-order valence-electron chi connectivity index (χ0n) is 9.31. The van der Waals surface area contributed by atoms with Crippen LogP contribution in [-0.2, 0) is 4.79 Å². The van der Waals surface area contributed by atoms with E-state index in [-0.39, 0.29) is 6.29 Å². The van der Waals surface area contributed by atoms with Gasteiger partial charge >= 0.3 is 6.04 Å². The van der Waals surface area contributed by atoms with E-state index in [0.717, 1.165) is 6.21 Å². The van der Waals surface area contributed by atoms with Crippen molar-refractivity contribution in [2.24, 2.45) is 4.99 Å². The summed E-state index contributed by atoms with van der Waals surface area (Å²) in [5, 5.41) is 10.4. The largest absolute Gasteiger partial charge is 0.486 e. The Balaban J connectivity index is 2.16. The predicted octanol–water partition coefficient (Wildman–Crippen LogP) is 1.00. The van der Waals surface area contributed by atoms with E-state index in [1.54, 1.807) is 18.2 Å². The Morgan fingerprint density at radius 3 is 2.72 bits per heavy atom. The number of aliphatic imine (C=N–C) groups is 1. The van der Waals surface area contributed by atoms with Gasteiger partial charge in [-0.25, -0.2) is 0 Å². The quantitative estimate of drug-likeness (QED) is 0.344. The average molecular weight is 250 g/mol. The molecule has 1 aromatic rings. The van der Waals surface area contributed by atoms with Gasteiger partial charge in [0.05, 0.1) is 11.9 Å². The third kappa shape index (κ3) is 2.62. The fourth-order valence-corrected chi connectivity index (χ4v) is 1.41. The van der Waals surface area contributed by atoms with Crippen molar-refractivity contribution in [3.63, 3.8) is 0 Å². The number of hydrogen-bond acceptors (Lipinski definition) is 6. The van der Waals surface area contributed by atoms with Gasteiger partial charge in [0, 0.05) is 11.0 Å². The normalized spacial score (nSPS) is 15.3. The monoisotopic (exact) mass is 250 g/mol. The zero-order chi connectivity index (χ0) is 13.0. The molecule has 0 fully saturated rings. The summed E-state index contributed by atoms with van der Waals surface area (Å²) in [6.07, 6.45) is 1.21. The van der Waals surface area contributed by atoms with Crippen LogP contribution in [0.3, 0.4) is 0 Å². The Hall–Kier alpha value is -2.44. The third-order valence-electron chi connectivity index (χ3n) is 2.28. The van der Waals surface area contributed by atoms with E-state index in [2.05, 4.69) is 4.99 Å². The number of rotatable bonds is 4. The van der Waals surface area contributed by atoms with Crippen molar-refractivity contribution in [3.05, 3.63) is 28.3 Å². The molecule has 0 amide bonds. The minimum atomic E-state index is -1.43. The molecular formula is C11H10N2O5. The van der Waals surface area contributed by atoms with Gasteiger partial charge in [-0.15, -0.1) is 0 Å². The van der Waals surface area contributed by atoms with Crippen molar-refractivity contribution >= 4 is 18.2 Å². The van der Waals surface area contributed by atoms with E-state index in [9.17, 15) is 14.9 Å². The summed E-state index contributed by atoms with van der Waals surface area (Å²) in [6.45, 7) is 0.941. The minimum absolute atomic E-state index is 0.224. The van der Waals surface area contributed by atoms with E-state index in [1.807, 2.05) is 0 Å². The molecule has 1 atom stereocenters. The van der Waals surface area contributed by atoms with E-state index in [1.165, 1.54) is 0 Å². The number of ether oxygens (including phenoxy) is 2. The molecule has 1 unspecified atom stereocenters. The number of carbonyl (C=O) groups is 1. The van der Waals surface area contributed by atoms with Gasteiger partial charge in [-0.3, -0.25) is 19.9 Å². The molecule has 0 bridgehead atoms. The van der Waals surface area contributed by atoms with Crippen molar-refractivity contribution in [1.29, 1.82) is 0 Å². The first kappa shape index (κ1) is 12.0. The molecule has 2 rings (SSSR count). The lowest BCUT2D eigenvalue weighted by Gasteiger charge is -2.18. The van der Waals surface area contributed by atoms with Gasteiger partial charge in [-0.1, -0.05) is 0 Å². The molecule has 18 heavy (non-hydrogen) atoms. The SMILES string of the molecule is O=CC(C=Nc1ccc2c(c1)OCCO2)[N+](=O)[O-]. The standard InChI is InChI=1S/C11H10N2O5/c14-7-9(13(15)16)6-12-8-1-2-10-11(5-8)18-4-3-17-10/h1-2,5-7,9H,3-4H2. The van der Waals surface area contributed by atoms with Crippen LogP contribution in [-0.4, -0.2) is 36.7 Å². The topological polar surface area (TPSA) is 91.0 Å². The summed E-state index contributed by atoms with van der Waals surface area (Å²) in [7, 11) is 0. The van der Waals surface area contributed by atoms with Gasteiger partial charge in [0.15, 0.2) is 17.8 Å². The molecule has 0 saturated heterocycles. The van der Waals surface area contributed by atoms with Crippen molar-refractivity contribution in [2.45, 2.75) is 6.04 Å². The van der Waals surface area contributed by atoms with E-state index >= 15 is 0 Å². The molecule has 0 spiro atoms. The highest BCUT2D eigenvalue weighted by atomic mass is 16.6. The molecule has 0 aromatic heterocycles. The number of fused-ring (bicyclic) bond motifs is 1. The highest BCUT2D eigenvalue weighted by Crippen LogP contribution is 2.33. The Morgan fingerprint density at radius 1 is 1.33 bits per heavy atom. The lowest BCUT2D eigenvalue weighted by Crippen LogP contribution is -2.22. The summed E-state index contributed by atoms with van der Waals surface area (Å²) in [6, 6.07) is 3.47. The average Bonchev–Trinajstić information content (AvgIpc) is 2.39. The maximum Gasteiger partial charge on any atom is 0.302 e. The number of aldehydes is 1. The van der Waals surface area contributed by atoms with Crippen molar-refractivity contribution < 1.29 is 19.2 Å². The van der Waals surface area contributed by atoms with E-state index < -0.39 is 11.0 Å². The highest BCUT2D eigenvalue weighted by Gasteiger charge is 2.15. The van der Waals surface area contributed by atoms with Crippen molar-refractivity contribution in [3.8, 4) is 11.5 Å². The van der Waals surface area contributed by atoms with Crippen LogP contribution in [0.15, 0.2) is 23.2 Å². The van der Waals surface area contributed by atoms with Gasteiger partial charge in [0.1, 0.15) is 13.2 Å². The molecule has 7 nitrogen and oxygen atoms in total. The molecule has 1 heterocycles. The summed E-state index contributed by atoms with van der Waals surface area (Å²) < 4.78 is 10.7. The van der Waals surface area contributed by atoms with Crippen LogP contribution in [0.2, 0.25) is 0 Å². The first-order valence-electron chi connectivity index (χ1n) is 5.23. The molecule has 1 aliphatic rings. The predicted molar refractivity (Wildman–Crippen MR) is 62.4 cm³/mol. The fourth-order valence-electron chi connectivity index (χ4n) is 1.41. The molecule has 0 N–H and O–H groups in total. The van der Waals surface area contributed by atoms with Gasteiger partial charge in [0.2, 0.25) is 0 Å². The minimum Gasteiger partial charge on any atom is -0.486 e. The number of nitrogens with zero attached hydrogens (tertiary/aromatic N) is 2. The molecule has 94 valence electrons. The highest BCUT2D eigenvalue weighted by molar-refractivity contribution is 5.85. The first-order chi connectivity index (χ1) is 8.70. The second kappa shape index (κ2) is 5.26. The maximum absolute atomic E-state index is 10.4. The fraction of sp³-hybridized carbons (Fsp3) is 0.273. The molecule has 0 aliphatic carbocycles. The number of benzene rings is 1. The van der Waals surface area contributed by atoms with Crippen LogP contribution in [0.1, 0.15) is 0 Å². The Kier molecular flexibility index (Phi) is 3.52. The summed E-state index contributed by atoms with van der Waals surface area (Å²) in [5.41, 5.74) is 0.466. The van der Waals surface area contributed by atoms with Crippen LogP contribution in [0.25, 0.3) is 0 Å². The Labute approximate surface area is 102 Å². The molecule has 0 saturated carbocycles. The zero-order valence-corrected chi connectivity index (χ0v) is 9.31. The van der Waals surface area contributed by atoms with Crippen LogP contribution in [0, 0.1) is 10.1 Å². The molecular weight excluding hydrogens is 240 g/mol. The second-order valence-electron chi connectivity index (χ2n) is 3.52. The van der Waals surface area contributed by atoms with Crippen LogP contribution in [0.4, 0.5) is 5.69 Å². The summed E-state index contributed by atoms with van der Waals surface area (Å²) in [4.78, 5) is 24.0. The van der Waals surface area contributed by atoms with Gasteiger partial charge in [-0.2, -0.15) is 0 Å². The number of nitro groups is 1. The smallest absolute Gasteiger partial charge is 0.302 e. The lowest BCUT2D eigenvalue weighted by molar-refractivity contribution is -0.485. The van der Waals surface area contributed by atoms with Crippen LogP contribution < -0.4 is 9.47 Å². The van der Waals surface area contributed by atoms with Gasteiger partial charge in [0.25, 0.3) is 0 Å². The molecule has 1 aliphatic heterocycles. The van der Waals surface area contributed by atoms with E-state index in [4.69, 9.17) is 9.47 Å². The van der Waals surface area contributed by atoms with Gasteiger partial charge in [-0.05, 0) is 12.1 Å². The third-order valence-corrected chi connectivity index (χ3v) is 2.28. The Bertz CT molecular complexity index is 500. The van der Waals surface area contributed by atoms with Crippen LogP contribution in [0.5, 0.6) is 11.5 Å².